The minimum absolute atomic E-state index is 0.001000. The van der Waals surface area contributed by atoms with Crippen LogP contribution in [0.5, 0.6) is 0 Å². The summed E-state index contributed by atoms with van der Waals surface area (Å²) in [4.78, 5) is 25.0. The number of hydrogen-bond donors (Lipinski definition) is 2. The minimum Gasteiger partial charge on any atom is -0.390 e. The number of aliphatic hydroxyl groups is 1. The van der Waals surface area contributed by atoms with Crippen molar-refractivity contribution in [3.8, 4) is 0 Å². The van der Waals surface area contributed by atoms with Crippen LogP contribution >= 0.6 is 0 Å². The molecular weight excluding hydrogens is 277 g/mol. The van der Waals surface area contributed by atoms with Crippen LogP contribution in [0.15, 0.2) is 12.2 Å². The Morgan fingerprint density at radius 2 is 2.18 bits per heavy atom. The average molecular weight is 303 g/mol. The van der Waals surface area contributed by atoms with Crippen molar-refractivity contribution in [3.05, 3.63) is 12.2 Å². The van der Waals surface area contributed by atoms with Crippen LogP contribution < -0.4 is 5.32 Å². The minimum atomic E-state index is -1.06. The Kier molecular flexibility index (Phi) is 3.75. The largest absolute Gasteiger partial charge is 0.390 e. The Bertz CT molecular complexity index is 532. The van der Waals surface area contributed by atoms with Crippen molar-refractivity contribution < 1.29 is 14.7 Å². The SMILES string of the molecule is CB(C)C[C@H]1C(=O)N[C@@]2([C@@H](O)[C@@H]3C=CCCC3)C(=O)C[C@@]12C. The van der Waals surface area contributed by atoms with Crippen LogP contribution in [0.25, 0.3) is 0 Å². The fourth-order valence-electron chi connectivity index (χ4n) is 4.84. The lowest BCUT2D eigenvalue weighted by molar-refractivity contribution is -0.161. The molecule has 1 heterocycles. The van der Waals surface area contributed by atoms with Gasteiger partial charge in [-0.05, 0) is 19.3 Å². The summed E-state index contributed by atoms with van der Waals surface area (Å²) in [6.07, 6.45) is 7.41. The molecule has 1 saturated heterocycles. The maximum atomic E-state index is 12.5. The quantitative estimate of drug-likeness (QED) is 0.616. The molecule has 0 radical (unpaired) electrons. The van der Waals surface area contributed by atoms with E-state index < -0.39 is 17.1 Å². The molecule has 120 valence electrons. The van der Waals surface area contributed by atoms with E-state index in [2.05, 4.69) is 25.0 Å². The van der Waals surface area contributed by atoms with Gasteiger partial charge in [0.25, 0.3) is 0 Å². The van der Waals surface area contributed by atoms with Crippen LogP contribution in [-0.2, 0) is 9.59 Å². The van der Waals surface area contributed by atoms with E-state index in [0.29, 0.717) is 13.1 Å². The lowest BCUT2D eigenvalue weighted by atomic mass is 9.42. The van der Waals surface area contributed by atoms with Gasteiger partial charge in [0.2, 0.25) is 5.91 Å². The second kappa shape index (κ2) is 5.22. The third kappa shape index (κ3) is 1.94. The van der Waals surface area contributed by atoms with E-state index in [4.69, 9.17) is 0 Å². The number of amides is 1. The molecule has 0 aromatic rings. The summed E-state index contributed by atoms with van der Waals surface area (Å²) in [5.41, 5.74) is -1.51. The lowest BCUT2D eigenvalue weighted by Gasteiger charge is -2.56. The molecule has 2 aliphatic carbocycles. The van der Waals surface area contributed by atoms with Crippen molar-refractivity contribution in [2.24, 2.45) is 17.3 Å². The predicted molar refractivity (Wildman–Crippen MR) is 86.9 cm³/mol. The lowest BCUT2D eigenvalue weighted by Crippen LogP contribution is -2.74. The number of carbonyl (C=O) groups excluding carboxylic acids is 2. The number of nitrogens with one attached hydrogen (secondary N) is 1. The number of aliphatic hydroxyl groups excluding tert-OH is 1. The Morgan fingerprint density at radius 1 is 1.45 bits per heavy atom. The molecule has 1 aliphatic heterocycles. The first-order chi connectivity index (χ1) is 10.3. The smallest absolute Gasteiger partial charge is 0.223 e. The summed E-state index contributed by atoms with van der Waals surface area (Å²) in [6, 6.07) is 0. The van der Waals surface area contributed by atoms with E-state index in [0.717, 1.165) is 25.6 Å². The van der Waals surface area contributed by atoms with Crippen LogP contribution in [0.4, 0.5) is 0 Å². The molecule has 0 aromatic carbocycles. The van der Waals surface area contributed by atoms with Crippen LogP contribution in [0.2, 0.25) is 20.0 Å². The van der Waals surface area contributed by atoms with Gasteiger partial charge in [-0.25, -0.2) is 0 Å². The molecule has 1 saturated carbocycles. The highest BCUT2D eigenvalue weighted by atomic mass is 16.3. The fraction of sp³-hybridized carbons (Fsp3) is 0.765. The Morgan fingerprint density at radius 3 is 2.73 bits per heavy atom. The fourth-order valence-corrected chi connectivity index (χ4v) is 4.84. The van der Waals surface area contributed by atoms with Gasteiger partial charge >= 0.3 is 0 Å². The normalized spacial score (nSPS) is 41.6. The van der Waals surface area contributed by atoms with Gasteiger partial charge in [0.05, 0.1) is 6.10 Å². The van der Waals surface area contributed by atoms with Crippen molar-refractivity contribution in [2.75, 3.05) is 0 Å². The van der Waals surface area contributed by atoms with E-state index in [-0.39, 0.29) is 23.5 Å². The predicted octanol–water partition coefficient (Wildman–Crippen LogP) is 1.92. The third-order valence-corrected chi connectivity index (χ3v) is 6.12. The molecule has 3 aliphatic rings. The zero-order valence-electron chi connectivity index (χ0n) is 13.8. The van der Waals surface area contributed by atoms with Crippen molar-refractivity contribution in [2.45, 2.75) is 64.2 Å². The summed E-state index contributed by atoms with van der Waals surface area (Å²) in [7, 11) is 0. The van der Waals surface area contributed by atoms with E-state index in [1.165, 1.54) is 0 Å². The number of hydrogen-bond acceptors (Lipinski definition) is 3. The summed E-state index contributed by atoms with van der Waals surface area (Å²) in [5, 5.41) is 13.9. The van der Waals surface area contributed by atoms with Crippen molar-refractivity contribution in [3.63, 3.8) is 0 Å². The summed E-state index contributed by atoms with van der Waals surface area (Å²) < 4.78 is 0. The van der Waals surface area contributed by atoms with Crippen molar-refractivity contribution in [1.82, 2.24) is 5.32 Å². The van der Waals surface area contributed by atoms with E-state index in [1.54, 1.807) is 0 Å². The Hall–Kier alpha value is -1.10. The van der Waals surface area contributed by atoms with E-state index in [9.17, 15) is 14.7 Å². The molecule has 3 rings (SSSR count). The third-order valence-electron chi connectivity index (χ3n) is 6.12. The maximum Gasteiger partial charge on any atom is 0.223 e. The van der Waals surface area contributed by atoms with Gasteiger partial charge in [0, 0.05) is 23.7 Å². The molecule has 1 amide bonds. The molecule has 0 spiro atoms. The van der Waals surface area contributed by atoms with Gasteiger partial charge in [-0.1, -0.05) is 39.0 Å². The van der Waals surface area contributed by atoms with Crippen LogP contribution in [-0.4, -0.2) is 35.2 Å². The highest BCUT2D eigenvalue weighted by Gasteiger charge is 2.75. The maximum absolute atomic E-state index is 12.5. The van der Waals surface area contributed by atoms with E-state index >= 15 is 0 Å². The Balaban J connectivity index is 1.93. The van der Waals surface area contributed by atoms with Gasteiger partial charge in [-0.15, -0.1) is 0 Å². The molecule has 22 heavy (non-hydrogen) atoms. The molecule has 5 heteroatoms. The Labute approximate surface area is 132 Å². The van der Waals surface area contributed by atoms with Crippen LogP contribution in [0.3, 0.4) is 0 Å². The van der Waals surface area contributed by atoms with Gasteiger partial charge in [0.15, 0.2) is 5.78 Å². The van der Waals surface area contributed by atoms with Gasteiger partial charge in [-0.3, -0.25) is 9.59 Å². The molecule has 2 fully saturated rings. The zero-order chi connectivity index (χ0) is 16.1. The molecule has 2 N–H and O–H groups in total. The topological polar surface area (TPSA) is 66.4 Å². The second-order valence-electron chi connectivity index (χ2n) is 7.96. The van der Waals surface area contributed by atoms with Gasteiger partial charge in [-0.2, -0.15) is 0 Å². The molecule has 0 unspecified atom stereocenters. The summed E-state index contributed by atoms with van der Waals surface area (Å²) in [6.45, 7) is 6.59. The molecule has 0 aromatic heterocycles. The van der Waals surface area contributed by atoms with Crippen LogP contribution in [0, 0.1) is 17.3 Å². The first kappa shape index (κ1) is 15.8. The number of carbonyl (C=O) groups is 2. The van der Waals surface area contributed by atoms with Crippen molar-refractivity contribution >= 4 is 18.4 Å². The summed E-state index contributed by atoms with van der Waals surface area (Å²) in [5.74, 6) is -0.259. The highest BCUT2D eigenvalue weighted by molar-refractivity contribution is 6.56. The monoisotopic (exact) mass is 303 g/mol. The molecule has 0 bridgehead atoms. The van der Waals surface area contributed by atoms with Gasteiger partial charge in [0.1, 0.15) is 12.3 Å². The number of fused-ring (bicyclic) bond motifs is 1. The first-order valence-corrected chi connectivity index (χ1v) is 8.53. The zero-order valence-corrected chi connectivity index (χ0v) is 13.8. The standard InChI is InChI=1S/C17H26BNO3/c1-16-9-13(20)17(16,14(21)11-7-5-4-6-8-11)19-15(22)12(16)10-18(2)3/h5,7,11-12,14,21H,4,6,8-10H2,1-3H3,(H,19,22)/t11-,12+,14+,16+,17-/m1/s1. The van der Waals surface area contributed by atoms with Crippen molar-refractivity contribution in [1.29, 1.82) is 0 Å². The van der Waals surface area contributed by atoms with Gasteiger partial charge < -0.3 is 10.4 Å². The second-order valence-corrected chi connectivity index (χ2v) is 7.96. The molecular formula is C17H26BNO3. The average Bonchev–Trinajstić information content (AvgIpc) is 2.65. The first-order valence-electron chi connectivity index (χ1n) is 8.53. The van der Waals surface area contributed by atoms with E-state index in [1.807, 2.05) is 13.0 Å². The number of allylic oxidation sites excluding steroid dienone is 1. The highest BCUT2D eigenvalue weighted by Crippen LogP contribution is 2.60. The molecule has 4 nitrogen and oxygen atoms in total. The summed E-state index contributed by atoms with van der Waals surface area (Å²) >= 11 is 0. The number of Topliss-reactive ketones (excluding diaryl/α,β-unsaturated/α-hetero) is 1. The van der Waals surface area contributed by atoms with Crippen LogP contribution in [0.1, 0.15) is 32.6 Å². The number of ketones is 1. The molecule has 5 atom stereocenters. The number of rotatable bonds is 4.